The summed E-state index contributed by atoms with van der Waals surface area (Å²) in [5.74, 6) is 0. The van der Waals surface area contributed by atoms with Crippen molar-refractivity contribution in [1.82, 2.24) is 0 Å². The lowest BCUT2D eigenvalue weighted by atomic mass is 10.1. The Morgan fingerprint density at radius 3 is 2.75 bits per heavy atom. The summed E-state index contributed by atoms with van der Waals surface area (Å²) in [6.07, 6.45) is 2.52. The molecule has 16 heavy (non-hydrogen) atoms. The molecule has 1 aliphatic heterocycles. The first-order valence-corrected chi connectivity index (χ1v) is 5.61. The summed E-state index contributed by atoms with van der Waals surface area (Å²) in [7, 11) is 1.77. The molecular weight excluding hydrogens is 200 g/mol. The van der Waals surface area contributed by atoms with Crippen molar-refractivity contribution >= 4 is 5.69 Å². The number of benzene rings is 1. The molecule has 0 atom stereocenters. The van der Waals surface area contributed by atoms with Gasteiger partial charge < -0.3 is 9.64 Å². The molecule has 0 spiro atoms. The Balaban J connectivity index is 2.05. The van der Waals surface area contributed by atoms with Gasteiger partial charge >= 0.3 is 0 Å². The van der Waals surface area contributed by atoms with E-state index in [-0.39, 0.29) is 0 Å². The summed E-state index contributed by atoms with van der Waals surface area (Å²) in [6.45, 7) is 2.01. The number of hydrogen-bond donors (Lipinski definition) is 0. The average molecular weight is 216 g/mol. The van der Waals surface area contributed by atoms with Crippen molar-refractivity contribution in [3.8, 4) is 6.07 Å². The molecule has 1 aromatic rings. The van der Waals surface area contributed by atoms with Crippen LogP contribution in [0.4, 0.5) is 5.69 Å². The van der Waals surface area contributed by atoms with Crippen molar-refractivity contribution in [3.63, 3.8) is 0 Å². The van der Waals surface area contributed by atoms with Crippen LogP contribution in [-0.2, 0) is 4.74 Å². The first kappa shape index (κ1) is 11.0. The van der Waals surface area contributed by atoms with Crippen LogP contribution in [0.15, 0.2) is 24.3 Å². The second-order valence-electron chi connectivity index (χ2n) is 4.08. The van der Waals surface area contributed by atoms with Gasteiger partial charge in [0.2, 0.25) is 0 Å². The normalized spacial score (nSPS) is 17.1. The van der Waals surface area contributed by atoms with E-state index in [0.717, 1.165) is 37.2 Å². The van der Waals surface area contributed by atoms with E-state index in [1.165, 1.54) is 0 Å². The van der Waals surface area contributed by atoms with E-state index in [9.17, 15) is 0 Å². The van der Waals surface area contributed by atoms with Gasteiger partial charge in [0, 0.05) is 25.9 Å². The number of rotatable bonds is 2. The second kappa shape index (κ2) is 5.00. The lowest BCUT2D eigenvalue weighted by molar-refractivity contribution is 0.0819. The molecule has 1 aromatic carbocycles. The third-order valence-electron chi connectivity index (χ3n) is 3.12. The van der Waals surface area contributed by atoms with Crippen molar-refractivity contribution in [2.75, 3.05) is 25.1 Å². The van der Waals surface area contributed by atoms with Gasteiger partial charge in [-0.05, 0) is 31.0 Å². The minimum absolute atomic E-state index is 0.399. The smallest absolute Gasteiger partial charge is 0.0992 e. The summed E-state index contributed by atoms with van der Waals surface area (Å²) in [4.78, 5) is 2.32. The number of piperidine rings is 1. The van der Waals surface area contributed by atoms with Crippen molar-refractivity contribution < 1.29 is 4.74 Å². The summed E-state index contributed by atoms with van der Waals surface area (Å²) < 4.78 is 5.34. The Hall–Kier alpha value is -1.53. The molecule has 0 aromatic heterocycles. The zero-order valence-corrected chi connectivity index (χ0v) is 9.52. The van der Waals surface area contributed by atoms with Crippen molar-refractivity contribution in [2.24, 2.45) is 0 Å². The van der Waals surface area contributed by atoms with Crippen LogP contribution in [-0.4, -0.2) is 26.3 Å². The van der Waals surface area contributed by atoms with Gasteiger partial charge in [-0.3, -0.25) is 0 Å². The predicted molar refractivity (Wildman–Crippen MR) is 63.4 cm³/mol. The Morgan fingerprint density at radius 2 is 2.12 bits per heavy atom. The van der Waals surface area contributed by atoms with E-state index < -0.39 is 0 Å². The SMILES string of the molecule is COC1CCN(c2cccc(C#N)c2)CC1. The number of nitriles is 1. The molecule has 0 saturated carbocycles. The van der Waals surface area contributed by atoms with E-state index in [1.807, 2.05) is 18.2 Å². The van der Waals surface area contributed by atoms with Gasteiger partial charge in [0.15, 0.2) is 0 Å². The minimum Gasteiger partial charge on any atom is -0.381 e. The molecule has 1 fully saturated rings. The Kier molecular flexibility index (Phi) is 3.43. The predicted octanol–water partition coefficient (Wildman–Crippen LogP) is 2.17. The summed E-state index contributed by atoms with van der Waals surface area (Å²) in [6, 6.07) is 9.97. The van der Waals surface area contributed by atoms with Crippen molar-refractivity contribution in [3.05, 3.63) is 29.8 Å². The highest BCUT2D eigenvalue weighted by atomic mass is 16.5. The first-order chi connectivity index (χ1) is 7.83. The van der Waals surface area contributed by atoms with Crippen LogP contribution in [0.3, 0.4) is 0 Å². The maximum atomic E-state index is 8.85. The Morgan fingerprint density at radius 1 is 1.38 bits per heavy atom. The summed E-state index contributed by atoms with van der Waals surface area (Å²) in [5.41, 5.74) is 1.87. The van der Waals surface area contributed by atoms with Gasteiger partial charge in [0.05, 0.1) is 17.7 Å². The second-order valence-corrected chi connectivity index (χ2v) is 4.08. The maximum absolute atomic E-state index is 8.85. The molecule has 0 aliphatic carbocycles. The fraction of sp³-hybridized carbons (Fsp3) is 0.462. The minimum atomic E-state index is 0.399. The molecule has 0 unspecified atom stereocenters. The maximum Gasteiger partial charge on any atom is 0.0992 e. The quantitative estimate of drug-likeness (QED) is 0.760. The van der Waals surface area contributed by atoms with Gasteiger partial charge in [0.1, 0.15) is 0 Å². The molecule has 0 bridgehead atoms. The molecular formula is C13H16N2O. The summed E-state index contributed by atoms with van der Waals surface area (Å²) in [5, 5.41) is 8.85. The fourth-order valence-electron chi connectivity index (χ4n) is 2.12. The van der Waals surface area contributed by atoms with Gasteiger partial charge in [-0.1, -0.05) is 6.07 Å². The Labute approximate surface area is 96.2 Å². The standard InChI is InChI=1S/C13H16N2O/c1-16-13-5-7-15(8-6-13)12-4-2-3-11(9-12)10-14/h2-4,9,13H,5-8H2,1H3. The highest BCUT2D eigenvalue weighted by molar-refractivity contribution is 5.51. The molecule has 0 N–H and O–H groups in total. The summed E-state index contributed by atoms with van der Waals surface area (Å²) >= 11 is 0. The molecule has 1 saturated heterocycles. The van der Waals surface area contributed by atoms with E-state index >= 15 is 0 Å². The van der Waals surface area contributed by atoms with Crippen molar-refractivity contribution in [1.29, 1.82) is 5.26 Å². The van der Waals surface area contributed by atoms with E-state index in [1.54, 1.807) is 7.11 Å². The average Bonchev–Trinajstić information content (AvgIpc) is 2.39. The van der Waals surface area contributed by atoms with Crippen LogP contribution in [0.5, 0.6) is 0 Å². The van der Waals surface area contributed by atoms with Crippen LogP contribution in [0, 0.1) is 11.3 Å². The van der Waals surface area contributed by atoms with Crippen molar-refractivity contribution in [2.45, 2.75) is 18.9 Å². The van der Waals surface area contributed by atoms with E-state index in [2.05, 4.69) is 17.0 Å². The molecule has 3 nitrogen and oxygen atoms in total. The number of nitrogens with zero attached hydrogens (tertiary/aromatic N) is 2. The zero-order chi connectivity index (χ0) is 11.4. The number of anilines is 1. The molecule has 84 valence electrons. The third-order valence-corrected chi connectivity index (χ3v) is 3.12. The third kappa shape index (κ3) is 2.34. The number of methoxy groups -OCH3 is 1. The molecule has 0 radical (unpaired) electrons. The van der Waals surface area contributed by atoms with Crippen LogP contribution in [0.2, 0.25) is 0 Å². The molecule has 1 aliphatic rings. The largest absolute Gasteiger partial charge is 0.381 e. The van der Waals surface area contributed by atoms with Gasteiger partial charge in [-0.25, -0.2) is 0 Å². The van der Waals surface area contributed by atoms with Gasteiger partial charge in [-0.15, -0.1) is 0 Å². The van der Waals surface area contributed by atoms with E-state index in [0.29, 0.717) is 6.10 Å². The highest BCUT2D eigenvalue weighted by Crippen LogP contribution is 2.21. The monoisotopic (exact) mass is 216 g/mol. The topological polar surface area (TPSA) is 36.3 Å². The first-order valence-electron chi connectivity index (χ1n) is 5.61. The van der Waals surface area contributed by atoms with Gasteiger partial charge in [0.25, 0.3) is 0 Å². The van der Waals surface area contributed by atoms with Crippen LogP contribution < -0.4 is 4.90 Å². The zero-order valence-electron chi connectivity index (χ0n) is 9.52. The number of ether oxygens (including phenoxy) is 1. The van der Waals surface area contributed by atoms with Crippen LogP contribution in [0.1, 0.15) is 18.4 Å². The van der Waals surface area contributed by atoms with Crippen LogP contribution in [0.25, 0.3) is 0 Å². The lowest BCUT2D eigenvalue weighted by Gasteiger charge is -2.32. The fourth-order valence-corrected chi connectivity index (χ4v) is 2.12. The number of hydrogen-bond acceptors (Lipinski definition) is 3. The lowest BCUT2D eigenvalue weighted by Crippen LogP contribution is -2.36. The Bertz CT molecular complexity index is 389. The molecule has 1 heterocycles. The molecule has 3 heteroatoms. The molecule has 0 amide bonds. The van der Waals surface area contributed by atoms with Gasteiger partial charge in [-0.2, -0.15) is 5.26 Å². The van der Waals surface area contributed by atoms with Crippen LogP contribution >= 0.6 is 0 Å². The highest BCUT2D eigenvalue weighted by Gasteiger charge is 2.18. The molecule has 2 rings (SSSR count). The van der Waals surface area contributed by atoms with E-state index in [4.69, 9.17) is 10.00 Å².